The summed E-state index contributed by atoms with van der Waals surface area (Å²) in [6, 6.07) is 5.92. The van der Waals surface area contributed by atoms with Crippen LogP contribution in [-0.4, -0.2) is 17.0 Å². The van der Waals surface area contributed by atoms with Crippen LogP contribution in [0.4, 0.5) is 5.69 Å². The molecule has 1 aromatic carbocycles. The lowest BCUT2D eigenvalue weighted by Crippen LogP contribution is -2.18. The zero-order chi connectivity index (χ0) is 12.3. The van der Waals surface area contributed by atoms with Crippen LogP contribution in [0.3, 0.4) is 0 Å². The molecule has 1 aliphatic rings. The maximum Gasteiger partial charge on any atom is 0.303 e. The van der Waals surface area contributed by atoms with E-state index in [-0.39, 0.29) is 12.3 Å². The van der Waals surface area contributed by atoms with Gasteiger partial charge in [0.25, 0.3) is 0 Å². The van der Waals surface area contributed by atoms with E-state index in [1.165, 1.54) is 0 Å². The number of aliphatic carboxylic acids is 1. The number of carboxylic acid groups (broad SMARTS) is 1. The van der Waals surface area contributed by atoms with Crippen LogP contribution in [0.1, 0.15) is 30.4 Å². The fourth-order valence-corrected chi connectivity index (χ4v) is 2.04. The molecule has 2 rings (SSSR count). The van der Waals surface area contributed by atoms with E-state index >= 15 is 0 Å². The van der Waals surface area contributed by atoms with E-state index in [2.05, 4.69) is 11.4 Å². The molecule has 0 saturated heterocycles. The highest BCUT2D eigenvalue weighted by Crippen LogP contribution is 2.24. The van der Waals surface area contributed by atoms with Gasteiger partial charge in [0.1, 0.15) is 0 Å². The van der Waals surface area contributed by atoms with Crippen LogP contribution in [-0.2, 0) is 22.4 Å². The normalized spacial score (nSPS) is 14.0. The van der Waals surface area contributed by atoms with Gasteiger partial charge >= 0.3 is 5.97 Å². The van der Waals surface area contributed by atoms with Gasteiger partial charge in [0.15, 0.2) is 0 Å². The number of anilines is 1. The van der Waals surface area contributed by atoms with Crippen LogP contribution in [0.2, 0.25) is 0 Å². The van der Waals surface area contributed by atoms with E-state index in [9.17, 15) is 9.59 Å². The topological polar surface area (TPSA) is 66.4 Å². The molecule has 0 bridgehead atoms. The van der Waals surface area contributed by atoms with Crippen LogP contribution in [0.5, 0.6) is 0 Å². The number of benzene rings is 1. The average Bonchev–Trinajstić information content (AvgIpc) is 2.29. The fraction of sp³-hybridized carbons (Fsp3) is 0.385. The van der Waals surface area contributed by atoms with Gasteiger partial charge in [-0.15, -0.1) is 0 Å². The summed E-state index contributed by atoms with van der Waals surface area (Å²) < 4.78 is 0. The maximum absolute atomic E-state index is 11.2. The van der Waals surface area contributed by atoms with Gasteiger partial charge in [0.05, 0.1) is 0 Å². The first-order valence-corrected chi connectivity index (χ1v) is 5.78. The SMILES string of the molecule is O=C(O)CCCc1ccc2c(c1)CCC(=O)N2. The molecule has 1 aliphatic heterocycles. The summed E-state index contributed by atoms with van der Waals surface area (Å²) in [5.74, 6) is -0.689. The summed E-state index contributed by atoms with van der Waals surface area (Å²) in [5.41, 5.74) is 3.18. The van der Waals surface area contributed by atoms with Crippen molar-refractivity contribution in [2.24, 2.45) is 0 Å². The number of hydrogen-bond donors (Lipinski definition) is 2. The number of amides is 1. The first-order chi connectivity index (χ1) is 8.15. The Morgan fingerprint density at radius 1 is 1.35 bits per heavy atom. The molecule has 1 heterocycles. The lowest BCUT2D eigenvalue weighted by atomic mass is 9.98. The van der Waals surface area contributed by atoms with Gasteiger partial charge in [-0.2, -0.15) is 0 Å². The van der Waals surface area contributed by atoms with Crippen LogP contribution in [0.15, 0.2) is 18.2 Å². The smallest absolute Gasteiger partial charge is 0.303 e. The average molecular weight is 233 g/mol. The Balaban J connectivity index is 2.01. The molecule has 1 aromatic rings. The minimum Gasteiger partial charge on any atom is -0.481 e. The number of carboxylic acids is 1. The number of rotatable bonds is 4. The number of fused-ring (bicyclic) bond motifs is 1. The summed E-state index contributed by atoms with van der Waals surface area (Å²) in [6.07, 6.45) is 2.93. The van der Waals surface area contributed by atoms with Crippen LogP contribution in [0, 0.1) is 0 Å². The van der Waals surface area contributed by atoms with Crippen molar-refractivity contribution in [3.05, 3.63) is 29.3 Å². The summed E-state index contributed by atoms with van der Waals surface area (Å²) in [7, 11) is 0. The van der Waals surface area contributed by atoms with Gasteiger partial charge in [-0.25, -0.2) is 0 Å². The molecule has 4 nitrogen and oxygen atoms in total. The molecule has 0 fully saturated rings. The Morgan fingerprint density at radius 3 is 2.94 bits per heavy atom. The van der Waals surface area contributed by atoms with Gasteiger partial charge in [0.2, 0.25) is 5.91 Å². The number of aryl methyl sites for hydroxylation is 2. The molecule has 0 unspecified atom stereocenters. The third-order valence-electron chi connectivity index (χ3n) is 2.92. The number of carbonyl (C=O) groups excluding carboxylic acids is 1. The van der Waals surface area contributed by atoms with Crippen molar-refractivity contribution in [2.75, 3.05) is 5.32 Å². The monoisotopic (exact) mass is 233 g/mol. The molecule has 2 N–H and O–H groups in total. The molecule has 0 aliphatic carbocycles. The molecule has 0 aromatic heterocycles. The molecule has 1 amide bonds. The molecule has 0 spiro atoms. The predicted octanol–water partition coefficient (Wildman–Crippen LogP) is 1.98. The summed E-state index contributed by atoms with van der Waals surface area (Å²) in [5, 5.41) is 11.4. The second-order valence-electron chi connectivity index (χ2n) is 4.29. The Morgan fingerprint density at radius 2 is 2.18 bits per heavy atom. The van der Waals surface area contributed by atoms with Gasteiger partial charge in [0, 0.05) is 18.5 Å². The summed E-state index contributed by atoms with van der Waals surface area (Å²) in [4.78, 5) is 21.6. The zero-order valence-corrected chi connectivity index (χ0v) is 9.53. The second kappa shape index (κ2) is 4.99. The van der Waals surface area contributed by atoms with Crippen LogP contribution in [0.25, 0.3) is 0 Å². The molecule has 0 radical (unpaired) electrons. The highest BCUT2D eigenvalue weighted by atomic mass is 16.4. The van der Waals surface area contributed by atoms with Crippen molar-refractivity contribution in [3.63, 3.8) is 0 Å². The maximum atomic E-state index is 11.2. The molecule has 17 heavy (non-hydrogen) atoms. The van der Waals surface area contributed by atoms with Crippen molar-refractivity contribution in [1.29, 1.82) is 0 Å². The third-order valence-corrected chi connectivity index (χ3v) is 2.92. The minimum absolute atomic E-state index is 0.0659. The minimum atomic E-state index is -0.754. The van der Waals surface area contributed by atoms with Gasteiger partial charge in [-0.05, 0) is 36.5 Å². The van der Waals surface area contributed by atoms with E-state index in [4.69, 9.17) is 5.11 Å². The molecule has 0 atom stereocenters. The predicted molar refractivity (Wildman–Crippen MR) is 64.0 cm³/mol. The lowest BCUT2D eigenvalue weighted by molar-refractivity contribution is -0.137. The van der Waals surface area contributed by atoms with Crippen molar-refractivity contribution in [3.8, 4) is 0 Å². The lowest BCUT2D eigenvalue weighted by Gasteiger charge is -2.17. The largest absolute Gasteiger partial charge is 0.481 e. The number of nitrogens with one attached hydrogen (secondary N) is 1. The highest BCUT2D eigenvalue weighted by Gasteiger charge is 2.14. The standard InChI is InChI=1S/C13H15NO3/c15-12-7-5-10-8-9(2-1-3-13(16)17)4-6-11(10)14-12/h4,6,8H,1-3,5,7H2,(H,14,15)(H,16,17). The number of carbonyl (C=O) groups is 2. The summed E-state index contributed by atoms with van der Waals surface area (Å²) in [6.45, 7) is 0. The third kappa shape index (κ3) is 3.06. The Kier molecular flexibility index (Phi) is 3.42. The molecule has 0 saturated carbocycles. The molecular weight excluding hydrogens is 218 g/mol. The fourth-order valence-electron chi connectivity index (χ4n) is 2.04. The van der Waals surface area contributed by atoms with E-state index in [1.54, 1.807) is 0 Å². The Labute approximate surface area is 99.6 Å². The highest BCUT2D eigenvalue weighted by molar-refractivity contribution is 5.93. The van der Waals surface area contributed by atoms with E-state index in [1.807, 2.05) is 12.1 Å². The molecular formula is C13H15NO3. The Bertz CT molecular complexity index is 454. The molecule has 90 valence electrons. The van der Waals surface area contributed by atoms with Gasteiger partial charge in [-0.1, -0.05) is 12.1 Å². The van der Waals surface area contributed by atoms with Gasteiger partial charge < -0.3 is 10.4 Å². The van der Waals surface area contributed by atoms with Crippen molar-refractivity contribution in [1.82, 2.24) is 0 Å². The second-order valence-corrected chi connectivity index (χ2v) is 4.29. The van der Waals surface area contributed by atoms with E-state index in [0.29, 0.717) is 12.8 Å². The van der Waals surface area contributed by atoms with E-state index < -0.39 is 5.97 Å². The number of hydrogen-bond acceptors (Lipinski definition) is 2. The first-order valence-electron chi connectivity index (χ1n) is 5.78. The zero-order valence-electron chi connectivity index (χ0n) is 9.53. The summed E-state index contributed by atoms with van der Waals surface area (Å²) >= 11 is 0. The van der Waals surface area contributed by atoms with Crippen molar-refractivity contribution >= 4 is 17.6 Å². The van der Waals surface area contributed by atoms with Gasteiger partial charge in [-0.3, -0.25) is 9.59 Å². The quantitative estimate of drug-likeness (QED) is 0.835. The van der Waals surface area contributed by atoms with Crippen LogP contribution >= 0.6 is 0 Å². The van der Waals surface area contributed by atoms with Crippen molar-refractivity contribution < 1.29 is 14.7 Å². The van der Waals surface area contributed by atoms with Crippen LogP contribution < -0.4 is 5.32 Å². The first kappa shape index (κ1) is 11.6. The van der Waals surface area contributed by atoms with Crippen molar-refractivity contribution in [2.45, 2.75) is 32.1 Å². The Hall–Kier alpha value is -1.84. The molecule has 4 heteroatoms. The van der Waals surface area contributed by atoms with E-state index in [0.717, 1.165) is 29.7 Å².